The molecule has 2 rings (SSSR count). The van der Waals surface area contributed by atoms with Crippen LogP contribution in [0.3, 0.4) is 0 Å². The van der Waals surface area contributed by atoms with E-state index in [1.807, 2.05) is 18.2 Å². The number of aliphatic carboxylic acids is 1. The number of halogens is 1. The molecule has 0 saturated carbocycles. The second-order valence-corrected chi connectivity index (χ2v) is 6.04. The molecule has 0 fully saturated rings. The molecule has 0 unspecified atom stereocenters. The fourth-order valence-electron chi connectivity index (χ4n) is 1.97. The lowest BCUT2D eigenvalue weighted by Crippen LogP contribution is -2.01. The average molecular weight is 410 g/mol. The van der Waals surface area contributed by atoms with E-state index >= 15 is 0 Å². The minimum Gasteiger partial charge on any atom is -0.489 e. The molecular formula is C17H15IO4. The number of hydrogen-bond acceptors (Lipinski definition) is 3. The Morgan fingerprint density at radius 3 is 2.27 bits per heavy atom. The third-order valence-electron chi connectivity index (χ3n) is 3.10. The van der Waals surface area contributed by atoms with Crippen molar-refractivity contribution in [2.75, 3.05) is 0 Å². The maximum Gasteiger partial charge on any atom is 0.307 e. The molecule has 22 heavy (non-hydrogen) atoms. The highest BCUT2D eigenvalue weighted by Gasteiger charge is 2.06. The van der Waals surface area contributed by atoms with Crippen LogP contribution in [0.1, 0.15) is 28.4 Å². The van der Waals surface area contributed by atoms with E-state index < -0.39 is 5.97 Å². The molecule has 0 spiro atoms. The zero-order valence-corrected chi connectivity index (χ0v) is 14.2. The molecule has 0 heterocycles. The summed E-state index contributed by atoms with van der Waals surface area (Å²) in [4.78, 5) is 22.0. The fourth-order valence-corrected chi connectivity index (χ4v) is 2.83. The first kappa shape index (κ1) is 16.5. The van der Waals surface area contributed by atoms with Crippen LogP contribution in [0.25, 0.3) is 0 Å². The van der Waals surface area contributed by atoms with Crippen molar-refractivity contribution in [3.63, 3.8) is 0 Å². The highest BCUT2D eigenvalue weighted by atomic mass is 127. The Morgan fingerprint density at radius 1 is 1.09 bits per heavy atom. The third kappa shape index (κ3) is 4.56. The summed E-state index contributed by atoms with van der Waals surface area (Å²) in [6, 6.07) is 12.6. The zero-order chi connectivity index (χ0) is 16.1. The van der Waals surface area contributed by atoms with Crippen molar-refractivity contribution in [3.8, 4) is 5.75 Å². The zero-order valence-electron chi connectivity index (χ0n) is 12.0. The molecule has 0 radical (unpaired) electrons. The number of benzene rings is 2. The lowest BCUT2D eigenvalue weighted by Gasteiger charge is -2.09. The van der Waals surface area contributed by atoms with E-state index in [4.69, 9.17) is 9.84 Å². The molecule has 0 saturated heterocycles. The number of carboxylic acid groups (broad SMARTS) is 1. The Hall–Kier alpha value is -1.89. The molecule has 5 heteroatoms. The molecule has 0 aromatic heterocycles. The van der Waals surface area contributed by atoms with Crippen LogP contribution in [-0.2, 0) is 17.8 Å². The van der Waals surface area contributed by atoms with Gasteiger partial charge in [0.2, 0.25) is 0 Å². The molecule has 0 atom stereocenters. The van der Waals surface area contributed by atoms with Gasteiger partial charge in [0.25, 0.3) is 0 Å². The van der Waals surface area contributed by atoms with Crippen molar-refractivity contribution in [2.24, 2.45) is 0 Å². The van der Waals surface area contributed by atoms with Gasteiger partial charge >= 0.3 is 5.97 Å². The number of rotatable bonds is 6. The first-order chi connectivity index (χ1) is 10.5. The van der Waals surface area contributed by atoms with Gasteiger partial charge in [-0.15, -0.1) is 0 Å². The number of Topliss-reactive ketones (excluding diaryl/α,β-unsaturated/α-hetero) is 1. The predicted octanol–water partition coefficient (Wildman–Crippen LogP) is 3.70. The van der Waals surface area contributed by atoms with Crippen LogP contribution in [0, 0.1) is 3.57 Å². The minimum atomic E-state index is -0.843. The number of carbonyl (C=O) groups excluding carboxylic acids is 1. The van der Waals surface area contributed by atoms with E-state index in [0.717, 1.165) is 14.7 Å². The van der Waals surface area contributed by atoms with Crippen molar-refractivity contribution >= 4 is 34.3 Å². The van der Waals surface area contributed by atoms with Crippen molar-refractivity contribution < 1.29 is 19.4 Å². The van der Waals surface area contributed by atoms with Crippen molar-refractivity contribution in [2.45, 2.75) is 20.0 Å². The van der Waals surface area contributed by atoms with E-state index in [1.165, 1.54) is 6.92 Å². The highest BCUT2D eigenvalue weighted by molar-refractivity contribution is 14.1. The van der Waals surface area contributed by atoms with Gasteiger partial charge in [0.1, 0.15) is 12.4 Å². The number of carboxylic acids is 1. The summed E-state index contributed by atoms with van der Waals surface area (Å²) >= 11 is 2.11. The SMILES string of the molecule is CC(=O)c1ccc(OCc2ccc(CC(=O)O)cc2)cc1I. The molecule has 1 N–H and O–H groups in total. The van der Waals surface area contributed by atoms with Crippen LogP contribution in [-0.4, -0.2) is 16.9 Å². The fraction of sp³-hybridized carbons (Fsp3) is 0.176. The second-order valence-electron chi connectivity index (χ2n) is 4.87. The van der Waals surface area contributed by atoms with E-state index in [1.54, 1.807) is 24.3 Å². The Labute approximate surface area is 142 Å². The lowest BCUT2D eigenvalue weighted by atomic mass is 10.1. The predicted molar refractivity (Wildman–Crippen MR) is 91.3 cm³/mol. The topological polar surface area (TPSA) is 63.6 Å². The monoisotopic (exact) mass is 410 g/mol. The van der Waals surface area contributed by atoms with Crippen LogP contribution in [0.2, 0.25) is 0 Å². The maximum atomic E-state index is 11.4. The van der Waals surface area contributed by atoms with E-state index in [2.05, 4.69) is 22.6 Å². The number of ether oxygens (including phenoxy) is 1. The molecule has 0 aliphatic heterocycles. The van der Waals surface area contributed by atoms with Gasteiger partial charge in [0.15, 0.2) is 5.78 Å². The van der Waals surface area contributed by atoms with Crippen LogP contribution in [0.5, 0.6) is 5.75 Å². The molecule has 2 aromatic rings. The van der Waals surface area contributed by atoms with Gasteiger partial charge in [-0.05, 0) is 58.8 Å². The maximum absolute atomic E-state index is 11.4. The summed E-state index contributed by atoms with van der Waals surface area (Å²) < 4.78 is 6.56. The minimum absolute atomic E-state index is 0.0197. The Morgan fingerprint density at radius 2 is 1.73 bits per heavy atom. The largest absolute Gasteiger partial charge is 0.489 e. The van der Waals surface area contributed by atoms with Gasteiger partial charge in [-0.25, -0.2) is 0 Å². The van der Waals surface area contributed by atoms with E-state index in [9.17, 15) is 9.59 Å². The van der Waals surface area contributed by atoms with Gasteiger partial charge in [0, 0.05) is 9.13 Å². The molecule has 4 nitrogen and oxygen atoms in total. The second kappa shape index (κ2) is 7.40. The quantitative estimate of drug-likeness (QED) is 0.583. The molecular weight excluding hydrogens is 395 g/mol. The molecule has 0 aliphatic carbocycles. The van der Waals surface area contributed by atoms with Gasteiger partial charge in [-0.1, -0.05) is 24.3 Å². The molecule has 114 valence electrons. The van der Waals surface area contributed by atoms with Gasteiger partial charge < -0.3 is 9.84 Å². The summed E-state index contributed by atoms with van der Waals surface area (Å²) in [6.07, 6.45) is 0.0197. The average Bonchev–Trinajstić information content (AvgIpc) is 2.45. The Kier molecular flexibility index (Phi) is 5.54. The first-order valence-corrected chi connectivity index (χ1v) is 7.76. The van der Waals surface area contributed by atoms with Gasteiger partial charge in [-0.2, -0.15) is 0 Å². The van der Waals surface area contributed by atoms with Crippen molar-refractivity contribution in [1.29, 1.82) is 0 Å². The lowest BCUT2D eigenvalue weighted by molar-refractivity contribution is -0.136. The summed E-state index contributed by atoms with van der Waals surface area (Å²) in [5, 5.41) is 8.73. The van der Waals surface area contributed by atoms with Crippen LogP contribution < -0.4 is 4.74 Å². The summed E-state index contributed by atoms with van der Waals surface area (Å²) in [5.74, 6) is -0.113. The normalized spacial score (nSPS) is 10.3. The van der Waals surface area contributed by atoms with Crippen molar-refractivity contribution in [3.05, 3.63) is 62.7 Å². The molecule has 0 aliphatic rings. The Balaban J connectivity index is 1.99. The van der Waals surface area contributed by atoms with Gasteiger partial charge in [0.05, 0.1) is 6.42 Å². The summed E-state index contributed by atoms with van der Waals surface area (Å²) in [5.41, 5.74) is 2.40. The first-order valence-electron chi connectivity index (χ1n) is 6.68. The molecule has 0 bridgehead atoms. The van der Waals surface area contributed by atoms with E-state index in [0.29, 0.717) is 17.9 Å². The molecule has 2 aromatic carbocycles. The van der Waals surface area contributed by atoms with Gasteiger partial charge in [-0.3, -0.25) is 9.59 Å². The number of hydrogen-bond donors (Lipinski definition) is 1. The summed E-state index contributed by atoms with van der Waals surface area (Å²) in [6.45, 7) is 1.93. The highest BCUT2D eigenvalue weighted by Crippen LogP contribution is 2.21. The van der Waals surface area contributed by atoms with Crippen LogP contribution in [0.15, 0.2) is 42.5 Å². The Bertz CT molecular complexity index is 692. The van der Waals surface area contributed by atoms with E-state index in [-0.39, 0.29) is 12.2 Å². The standard InChI is InChI=1S/C17H15IO4/c1-11(19)15-7-6-14(9-16(15)18)22-10-13-4-2-12(3-5-13)8-17(20)21/h2-7,9H,8,10H2,1H3,(H,20,21). The summed E-state index contributed by atoms with van der Waals surface area (Å²) in [7, 11) is 0. The number of ketones is 1. The number of carbonyl (C=O) groups is 2. The van der Waals surface area contributed by atoms with Crippen LogP contribution >= 0.6 is 22.6 Å². The van der Waals surface area contributed by atoms with Crippen LogP contribution in [0.4, 0.5) is 0 Å². The third-order valence-corrected chi connectivity index (χ3v) is 4.00. The smallest absolute Gasteiger partial charge is 0.307 e. The molecule has 0 amide bonds. The van der Waals surface area contributed by atoms with Crippen molar-refractivity contribution in [1.82, 2.24) is 0 Å².